The lowest BCUT2D eigenvalue weighted by Gasteiger charge is -2.12. The van der Waals surface area contributed by atoms with Gasteiger partial charge in [-0.25, -0.2) is 18.2 Å². The number of aromatic nitrogens is 1. The SMILES string of the molecule is NC(=O)c1ccc(OCC(F)F)c(NC(=O)/C=C/c2csc(-c3ccc(F)cc3)n2)c1. The Kier molecular flexibility index (Phi) is 7.03. The zero-order valence-electron chi connectivity index (χ0n) is 15.8. The number of rotatable bonds is 8. The largest absolute Gasteiger partial charge is 0.485 e. The number of amides is 2. The molecule has 2 amide bonds. The molecule has 0 bridgehead atoms. The molecular weight excluding hydrogens is 431 g/mol. The predicted octanol–water partition coefficient (Wildman–Crippen LogP) is 4.34. The molecule has 31 heavy (non-hydrogen) atoms. The van der Waals surface area contributed by atoms with Crippen LogP contribution in [0.25, 0.3) is 16.6 Å². The standard InChI is InChI=1S/C21H16F3N3O3S/c22-14-4-1-12(2-5-14)21-26-15(11-31-21)6-8-19(28)27-16-9-13(20(25)29)3-7-17(16)30-10-18(23)24/h1-9,11,18H,10H2,(H2,25,29)(H,27,28)/b8-6+. The van der Waals surface area contributed by atoms with Crippen LogP contribution in [-0.4, -0.2) is 29.8 Å². The second kappa shape index (κ2) is 9.90. The summed E-state index contributed by atoms with van der Waals surface area (Å²) in [4.78, 5) is 28.0. The van der Waals surface area contributed by atoms with Gasteiger partial charge in [0.15, 0.2) is 0 Å². The van der Waals surface area contributed by atoms with Crippen LogP contribution in [0, 0.1) is 5.82 Å². The highest BCUT2D eigenvalue weighted by Crippen LogP contribution is 2.27. The van der Waals surface area contributed by atoms with E-state index < -0.39 is 24.8 Å². The van der Waals surface area contributed by atoms with E-state index >= 15 is 0 Å². The van der Waals surface area contributed by atoms with Crippen molar-refractivity contribution in [1.29, 1.82) is 0 Å². The van der Waals surface area contributed by atoms with Crippen LogP contribution in [0.4, 0.5) is 18.9 Å². The molecule has 3 N–H and O–H groups in total. The van der Waals surface area contributed by atoms with E-state index in [1.165, 1.54) is 53.8 Å². The number of alkyl halides is 2. The third kappa shape index (κ3) is 6.16. The lowest BCUT2D eigenvalue weighted by molar-refractivity contribution is -0.111. The van der Waals surface area contributed by atoms with E-state index in [4.69, 9.17) is 10.5 Å². The zero-order chi connectivity index (χ0) is 22.4. The molecule has 0 saturated carbocycles. The van der Waals surface area contributed by atoms with Gasteiger partial charge in [-0.15, -0.1) is 11.3 Å². The topological polar surface area (TPSA) is 94.3 Å². The Morgan fingerprint density at radius 3 is 2.61 bits per heavy atom. The third-order valence-corrected chi connectivity index (χ3v) is 4.81. The molecule has 2 aromatic carbocycles. The summed E-state index contributed by atoms with van der Waals surface area (Å²) in [6.07, 6.45) is -0.0624. The molecule has 0 saturated heterocycles. The Morgan fingerprint density at radius 1 is 1.19 bits per heavy atom. The monoisotopic (exact) mass is 447 g/mol. The first-order valence-corrected chi connectivity index (χ1v) is 9.75. The molecule has 0 aliphatic rings. The van der Waals surface area contributed by atoms with E-state index in [1.54, 1.807) is 17.5 Å². The number of hydrogen-bond donors (Lipinski definition) is 2. The minimum Gasteiger partial charge on any atom is -0.485 e. The van der Waals surface area contributed by atoms with Crippen molar-refractivity contribution in [2.45, 2.75) is 6.43 Å². The van der Waals surface area contributed by atoms with Gasteiger partial charge in [-0.3, -0.25) is 9.59 Å². The van der Waals surface area contributed by atoms with Crippen molar-refractivity contribution in [2.75, 3.05) is 11.9 Å². The maximum atomic E-state index is 13.0. The quantitative estimate of drug-likeness (QED) is 0.502. The number of halogens is 3. The summed E-state index contributed by atoms with van der Waals surface area (Å²) in [6.45, 7) is -0.875. The van der Waals surface area contributed by atoms with Gasteiger partial charge in [0.2, 0.25) is 11.8 Å². The van der Waals surface area contributed by atoms with E-state index in [2.05, 4.69) is 10.3 Å². The maximum absolute atomic E-state index is 13.0. The third-order valence-electron chi connectivity index (χ3n) is 3.91. The highest BCUT2D eigenvalue weighted by Gasteiger charge is 2.13. The number of nitrogens with one attached hydrogen (secondary N) is 1. The van der Waals surface area contributed by atoms with Crippen LogP contribution in [0.1, 0.15) is 16.1 Å². The minimum absolute atomic E-state index is 0.0249. The second-order valence-electron chi connectivity index (χ2n) is 6.18. The maximum Gasteiger partial charge on any atom is 0.272 e. The predicted molar refractivity (Wildman–Crippen MR) is 112 cm³/mol. The molecule has 0 aliphatic heterocycles. The fourth-order valence-electron chi connectivity index (χ4n) is 2.48. The first-order valence-electron chi connectivity index (χ1n) is 8.87. The van der Waals surface area contributed by atoms with E-state index in [-0.39, 0.29) is 22.8 Å². The van der Waals surface area contributed by atoms with Crippen LogP contribution in [-0.2, 0) is 4.79 Å². The van der Waals surface area contributed by atoms with Crippen molar-refractivity contribution in [3.63, 3.8) is 0 Å². The van der Waals surface area contributed by atoms with Gasteiger partial charge in [0.25, 0.3) is 6.43 Å². The van der Waals surface area contributed by atoms with E-state index in [0.717, 1.165) is 5.56 Å². The van der Waals surface area contributed by atoms with Gasteiger partial charge in [-0.2, -0.15) is 0 Å². The molecule has 160 valence electrons. The van der Waals surface area contributed by atoms with Crippen molar-refractivity contribution < 1.29 is 27.5 Å². The van der Waals surface area contributed by atoms with Crippen molar-refractivity contribution in [1.82, 2.24) is 4.98 Å². The highest BCUT2D eigenvalue weighted by atomic mass is 32.1. The summed E-state index contributed by atoms with van der Waals surface area (Å²) < 4.78 is 42.9. The number of carbonyl (C=O) groups excluding carboxylic acids is 2. The first-order chi connectivity index (χ1) is 14.8. The fourth-order valence-corrected chi connectivity index (χ4v) is 3.28. The van der Waals surface area contributed by atoms with Crippen LogP contribution >= 0.6 is 11.3 Å². The molecule has 0 aliphatic carbocycles. The van der Waals surface area contributed by atoms with Crippen molar-refractivity contribution in [2.24, 2.45) is 5.73 Å². The summed E-state index contributed by atoms with van der Waals surface area (Å²) in [5.41, 5.74) is 6.56. The molecule has 0 radical (unpaired) electrons. The Morgan fingerprint density at radius 2 is 1.94 bits per heavy atom. The summed E-state index contributed by atoms with van der Waals surface area (Å²) in [7, 11) is 0. The normalized spacial score (nSPS) is 11.1. The Hall–Kier alpha value is -3.66. The minimum atomic E-state index is -2.71. The molecule has 3 aromatic rings. The van der Waals surface area contributed by atoms with Crippen LogP contribution in [0.2, 0.25) is 0 Å². The van der Waals surface area contributed by atoms with Gasteiger partial charge in [0.05, 0.1) is 11.4 Å². The molecule has 1 heterocycles. The van der Waals surface area contributed by atoms with Gasteiger partial charge in [-0.1, -0.05) is 0 Å². The smallest absolute Gasteiger partial charge is 0.272 e. The summed E-state index contributed by atoms with van der Waals surface area (Å²) >= 11 is 1.32. The van der Waals surface area contributed by atoms with Crippen molar-refractivity contribution >= 4 is 34.9 Å². The number of thiazole rings is 1. The van der Waals surface area contributed by atoms with Gasteiger partial charge >= 0.3 is 0 Å². The van der Waals surface area contributed by atoms with Crippen LogP contribution < -0.4 is 15.8 Å². The lowest BCUT2D eigenvalue weighted by atomic mass is 10.1. The van der Waals surface area contributed by atoms with Crippen LogP contribution in [0.3, 0.4) is 0 Å². The number of benzene rings is 2. The number of anilines is 1. The molecular formula is C21H16F3N3O3S. The van der Waals surface area contributed by atoms with Crippen molar-refractivity contribution in [3.8, 4) is 16.3 Å². The van der Waals surface area contributed by atoms with Gasteiger partial charge < -0.3 is 15.8 Å². The molecule has 0 fully saturated rings. The Balaban J connectivity index is 1.72. The number of nitrogens with zero attached hydrogens (tertiary/aromatic N) is 1. The number of nitrogens with two attached hydrogens (primary N) is 1. The Bertz CT molecular complexity index is 1110. The summed E-state index contributed by atoms with van der Waals surface area (Å²) in [5, 5.41) is 4.84. The van der Waals surface area contributed by atoms with Gasteiger partial charge in [-0.05, 0) is 48.5 Å². The molecule has 1 aromatic heterocycles. The molecule has 0 spiro atoms. The van der Waals surface area contributed by atoms with Crippen molar-refractivity contribution in [3.05, 3.63) is 71.0 Å². The zero-order valence-corrected chi connectivity index (χ0v) is 16.7. The summed E-state index contributed by atoms with van der Waals surface area (Å²) in [6, 6.07) is 9.67. The number of carbonyl (C=O) groups is 2. The molecule has 0 unspecified atom stereocenters. The molecule has 0 atom stereocenters. The van der Waals surface area contributed by atoms with Crippen LogP contribution in [0.5, 0.6) is 5.75 Å². The highest BCUT2D eigenvalue weighted by molar-refractivity contribution is 7.13. The number of hydrogen-bond acceptors (Lipinski definition) is 5. The molecule has 10 heteroatoms. The first kappa shape index (κ1) is 22.0. The summed E-state index contributed by atoms with van der Waals surface area (Å²) in [5.74, 6) is -1.73. The van der Waals surface area contributed by atoms with Gasteiger partial charge in [0.1, 0.15) is 23.2 Å². The molecule has 3 rings (SSSR count). The van der Waals surface area contributed by atoms with Crippen LogP contribution in [0.15, 0.2) is 53.9 Å². The number of primary amides is 1. The lowest BCUT2D eigenvalue weighted by Crippen LogP contribution is -2.15. The second-order valence-corrected chi connectivity index (χ2v) is 7.04. The molecule has 6 nitrogen and oxygen atoms in total. The van der Waals surface area contributed by atoms with Gasteiger partial charge in [0, 0.05) is 22.6 Å². The fraction of sp³-hybridized carbons (Fsp3) is 0.0952. The van der Waals surface area contributed by atoms with E-state index in [9.17, 15) is 22.8 Å². The Labute approximate surface area is 179 Å². The average Bonchev–Trinajstić information content (AvgIpc) is 3.20. The number of ether oxygens (including phenoxy) is 1. The van der Waals surface area contributed by atoms with E-state index in [0.29, 0.717) is 10.7 Å². The van der Waals surface area contributed by atoms with E-state index in [1.807, 2.05) is 0 Å². The average molecular weight is 447 g/mol.